The first-order valence-electron chi connectivity index (χ1n) is 6.82. The fraction of sp³-hybridized carbons (Fsp3) is 0.600. The zero-order chi connectivity index (χ0) is 15.2. The van der Waals surface area contributed by atoms with E-state index in [0.29, 0.717) is 24.8 Å². The summed E-state index contributed by atoms with van der Waals surface area (Å²) in [5, 5.41) is 2.64. The zero-order valence-corrected chi connectivity index (χ0v) is 12.9. The number of hydrogen-bond acceptors (Lipinski definition) is 4. The maximum Gasteiger partial charge on any atom is 0.407 e. The summed E-state index contributed by atoms with van der Waals surface area (Å²) in [7, 11) is 0. The predicted octanol–water partition coefficient (Wildman–Crippen LogP) is 3.11. The molecule has 1 aromatic heterocycles. The maximum absolute atomic E-state index is 11.4. The summed E-state index contributed by atoms with van der Waals surface area (Å²) >= 11 is 0. The second kappa shape index (κ2) is 7.12. The van der Waals surface area contributed by atoms with Crippen LogP contribution in [0.4, 0.5) is 4.79 Å². The summed E-state index contributed by atoms with van der Waals surface area (Å²) in [6.07, 6.45) is 3.06. The van der Waals surface area contributed by atoms with Gasteiger partial charge < -0.3 is 14.8 Å². The largest absolute Gasteiger partial charge is 0.490 e. The molecule has 1 amide bonds. The standard InChI is InChI=1S/C15H24N2O3/c1-11(2)12-8-13(10-16-9-12)19-7-6-17-14(18)20-15(3,4)5/h8-11H,6-7H2,1-5H3,(H,17,18). The summed E-state index contributed by atoms with van der Waals surface area (Å²) in [6.45, 7) is 10.4. The number of alkyl carbamates (subject to hydrolysis) is 1. The first-order chi connectivity index (χ1) is 9.28. The second-order valence-corrected chi connectivity index (χ2v) is 5.89. The Balaban J connectivity index is 2.31. The molecule has 5 nitrogen and oxygen atoms in total. The lowest BCUT2D eigenvalue weighted by Gasteiger charge is -2.19. The Labute approximate surface area is 120 Å². The molecule has 0 aliphatic heterocycles. The lowest BCUT2D eigenvalue weighted by atomic mass is 10.1. The van der Waals surface area contributed by atoms with Crippen molar-refractivity contribution in [2.45, 2.75) is 46.1 Å². The molecule has 1 N–H and O–H groups in total. The van der Waals surface area contributed by atoms with Crippen LogP contribution in [0.15, 0.2) is 18.5 Å². The highest BCUT2D eigenvalue weighted by Crippen LogP contribution is 2.18. The molecule has 1 rings (SSSR count). The van der Waals surface area contributed by atoms with Gasteiger partial charge in [-0.05, 0) is 38.3 Å². The van der Waals surface area contributed by atoms with Gasteiger partial charge in [-0.3, -0.25) is 4.98 Å². The van der Waals surface area contributed by atoms with Gasteiger partial charge in [0.25, 0.3) is 0 Å². The molecule has 0 spiro atoms. The summed E-state index contributed by atoms with van der Waals surface area (Å²) < 4.78 is 10.7. The fourth-order valence-corrected chi connectivity index (χ4v) is 1.47. The fourth-order valence-electron chi connectivity index (χ4n) is 1.47. The lowest BCUT2D eigenvalue weighted by molar-refractivity contribution is 0.0520. The highest BCUT2D eigenvalue weighted by Gasteiger charge is 2.15. The van der Waals surface area contributed by atoms with Crippen LogP contribution in [0.5, 0.6) is 5.75 Å². The smallest absolute Gasteiger partial charge is 0.407 e. The van der Waals surface area contributed by atoms with E-state index in [1.165, 1.54) is 0 Å². The minimum Gasteiger partial charge on any atom is -0.490 e. The van der Waals surface area contributed by atoms with Gasteiger partial charge >= 0.3 is 6.09 Å². The molecule has 0 aromatic carbocycles. The molecule has 1 heterocycles. The van der Waals surface area contributed by atoms with E-state index in [0.717, 1.165) is 5.56 Å². The summed E-state index contributed by atoms with van der Waals surface area (Å²) in [5.74, 6) is 1.12. The van der Waals surface area contributed by atoms with Crippen molar-refractivity contribution < 1.29 is 14.3 Å². The van der Waals surface area contributed by atoms with Crippen molar-refractivity contribution in [3.63, 3.8) is 0 Å². The van der Waals surface area contributed by atoms with Gasteiger partial charge in [-0.2, -0.15) is 0 Å². The van der Waals surface area contributed by atoms with Crippen LogP contribution in [-0.4, -0.2) is 29.8 Å². The van der Waals surface area contributed by atoms with Crippen LogP contribution in [0.1, 0.15) is 46.1 Å². The van der Waals surface area contributed by atoms with Crippen molar-refractivity contribution in [3.8, 4) is 5.75 Å². The Kier molecular flexibility index (Phi) is 5.80. The number of carbonyl (C=O) groups is 1. The monoisotopic (exact) mass is 280 g/mol. The van der Waals surface area contributed by atoms with E-state index >= 15 is 0 Å². The summed E-state index contributed by atoms with van der Waals surface area (Å²) in [6, 6.07) is 1.96. The average molecular weight is 280 g/mol. The number of hydrogen-bond donors (Lipinski definition) is 1. The SMILES string of the molecule is CC(C)c1cncc(OCCNC(=O)OC(C)(C)C)c1. The van der Waals surface area contributed by atoms with E-state index in [-0.39, 0.29) is 0 Å². The van der Waals surface area contributed by atoms with Gasteiger partial charge in [0.2, 0.25) is 0 Å². The lowest BCUT2D eigenvalue weighted by Crippen LogP contribution is -2.34. The van der Waals surface area contributed by atoms with Crippen molar-refractivity contribution in [2.24, 2.45) is 0 Å². The molecule has 0 fully saturated rings. The van der Waals surface area contributed by atoms with Crippen molar-refractivity contribution in [3.05, 3.63) is 24.0 Å². The third kappa shape index (κ3) is 6.41. The van der Waals surface area contributed by atoms with Gasteiger partial charge in [0, 0.05) is 6.20 Å². The van der Waals surface area contributed by atoms with Crippen molar-refractivity contribution in [1.29, 1.82) is 0 Å². The maximum atomic E-state index is 11.4. The molecule has 0 saturated heterocycles. The second-order valence-electron chi connectivity index (χ2n) is 5.89. The molecule has 0 atom stereocenters. The molecular weight excluding hydrogens is 256 g/mol. The number of pyridine rings is 1. The molecular formula is C15H24N2O3. The molecule has 0 aliphatic carbocycles. The van der Waals surface area contributed by atoms with E-state index < -0.39 is 11.7 Å². The number of nitrogens with zero attached hydrogens (tertiary/aromatic N) is 1. The minimum atomic E-state index is -0.486. The highest BCUT2D eigenvalue weighted by molar-refractivity contribution is 5.67. The van der Waals surface area contributed by atoms with Crippen LogP contribution in [0.25, 0.3) is 0 Å². The molecule has 20 heavy (non-hydrogen) atoms. The summed E-state index contributed by atoms with van der Waals surface area (Å²) in [4.78, 5) is 15.5. The molecule has 0 aliphatic rings. The van der Waals surface area contributed by atoms with E-state index in [1.807, 2.05) is 33.0 Å². The van der Waals surface area contributed by atoms with Crippen molar-refractivity contribution in [1.82, 2.24) is 10.3 Å². The molecule has 5 heteroatoms. The number of rotatable bonds is 5. The van der Waals surface area contributed by atoms with Crippen LogP contribution in [0.2, 0.25) is 0 Å². The van der Waals surface area contributed by atoms with Gasteiger partial charge in [-0.15, -0.1) is 0 Å². The van der Waals surface area contributed by atoms with E-state index in [2.05, 4.69) is 24.1 Å². The first kappa shape index (κ1) is 16.3. The van der Waals surface area contributed by atoms with Crippen LogP contribution in [0.3, 0.4) is 0 Å². The number of ether oxygens (including phenoxy) is 2. The van der Waals surface area contributed by atoms with Gasteiger partial charge in [0.15, 0.2) is 0 Å². The van der Waals surface area contributed by atoms with Gasteiger partial charge in [-0.1, -0.05) is 13.8 Å². The third-order valence-corrected chi connectivity index (χ3v) is 2.44. The van der Waals surface area contributed by atoms with E-state index in [9.17, 15) is 4.79 Å². The van der Waals surface area contributed by atoms with Gasteiger partial charge in [-0.25, -0.2) is 4.79 Å². The topological polar surface area (TPSA) is 60.5 Å². The van der Waals surface area contributed by atoms with Crippen LogP contribution in [0, 0.1) is 0 Å². The molecule has 1 aromatic rings. The Morgan fingerprint density at radius 1 is 1.35 bits per heavy atom. The molecule has 0 unspecified atom stereocenters. The molecule has 112 valence electrons. The summed E-state index contributed by atoms with van der Waals surface area (Å²) in [5.41, 5.74) is 0.642. The number of carbonyl (C=O) groups excluding carboxylic acids is 1. The van der Waals surface area contributed by atoms with Crippen molar-refractivity contribution in [2.75, 3.05) is 13.2 Å². The molecule has 0 saturated carbocycles. The quantitative estimate of drug-likeness (QED) is 0.842. The average Bonchev–Trinajstić information content (AvgIpc) is 2.33. The van der Waals surface area contributed by atoms with Crippen LogP contribution >= 0.6 is 0 Å². The Bertz CT molecular complexity index is 439. The van der Waals surface area contributed by atoms with Crippen molar-refractivity contribution >= 4 is 6.09 Å². The van der Waals surface area contributed by atoms with Gasteiger partial charge in [0.1, 0.15) is 18.0 Å². The predicted molar refractivity (Wildman–Crippen MR) is 78.1 cm³/mol. The highest BCUT2D eigenvalue weighted by atomic mass is 16.6. The normalized spacial score (nSPS) is 11.3. The number of amides is 1. The number of aromatic nitrogens is 1. The first-order valence-corrected chi connectivity index (χ1v) is 6.82. The Morgan fingerprint density at radius 2 is 2.05 bits per heavy atom. The zero-order valence-electron chi connectivity index (χ0n) is 12.9. The van der Waals surface area contributed by atoms with E-state index in [4.69, 9.17) is 9.47 Å². The molecule has 0 radical (unpaired) electrons. The number of nitrogens with one attached hydrogen (secondary N) is 1. The Hall–Kier alpha value is -1.78. The van der Waals surface area contributed by atoms with Crippen LogP contribution in [-0.2, 0) is 4.74 Å². The van der Waals surface area contributed by atoms with Crippen LogP contribution < -0.4 is 10.1 Å². The van der Waals surface area contributed by atoms with E-state index in [1.54, 1.807) is 6.20 Å². The van der Waals surface area contributed by atoms with Gasteiger partial charge in [0.05, 0.1) is 12.7 Å². The third-order valence-electron chi connectivity index (χ3n) is 2.44. The minimum absolute atomic E-state index is 0.377. The Morgan fingerprint density at radius 3 is 2.65 bits per heavy atom. The molecule has 0 bridgehead atoms.